The molecule has 0 atom stereocenters. The van der Waals surface area contributed by atoms with Gasteiger partial charge in [-0.15, -0.1) is 0 Å². The molecule has 0 saturated carbocycles. The Morgan fingerprint density at radius 1 is 0.955 bits per heavy atom. The van der Waals surface area contributed by atoms with Crippen molar-refractivity contribution in [1.29, 1.82) is 0 Å². The lowest BCUT2D eigenvalue weighted by Crippen LogP contribution is -2.31. The molecule has 1 aliphatic rings. The number of rotatable bonds is 3. The van der Waals surface area contributed by atoms with Crippen molar-refractivity contribution in [3.05, 3.63) is 42.5 Å². The Balaban J connectivity index is 1.67. The molecule has 0 N–H and O–H groups in total. The summed E-state index contributed by atoms with van der Waals surface area (Å²) in [4.78, 5) is 13.1. The van der Waals surface area contributed by atoms with Gasteiger partial charge in [0.15, 0.2) is 5.75 Å². The van der Waals surface area contributed by atoms with Crippen LogP contribution in [0.4, 0.5) is 16.0 Å². The molecule has 0 aliphatic carbocycles. The van der Waals surface area contributed by atoms with Crippen LogP contribution in [-0.4, -0.2) is 43.3 Å². The van der Waals surface area contributed by atoms with E-state index in [0.29, 0.717) is 5.75 Å². The molecule has 0 unspecified atom stereocenters. The maximum absolute atomic E-state index is 13.0. The first-order valence-electron chi connectivity index (χ1n) is 7.38. The van der Waals surface area contributed by atoms with Crippen molar-refractivity contribution in [2.45, 2.75) is 6.42 Å². The van der Waals surface area contributed by atoms with E-state index in [1.165, 1.54) is 12.1 Å². The molecular formula is C16H19FN4O. The lowest BCUT2D eigenvalue weighted by atomic mass is 10.2. The van der Waals surface area contributed by atoms with Gasteiger partial charge in [-0.05, 0) is 30.7 Å². The molecule has 5 nitrogen and oxygen atoms in total. The molecule has 0 radical (unpaired) electrons. The number of nitrogens with zero attached hydrogens (tertiary/aromatic N) is 4. The third-order valence-electron chi connectivity index (χ3n) is 3.82. The highest BCUT2D eigenvalue weighted by Crippen LogP contribution is 2.19. The summed E-state index contributed by atoms with van der Waals surface area (Å²) in [6, 6.07) is 6.67. The maximum atomic E-state index is 13.0. The second kappa shape index (κ2) is 6.60. The second-order valence-electron chi connectivity index (χ2n) is 5.23. The zero-order valence-electron chi connectivity index (χ0n) is 12.6. The van der Waals surface area contributed by atoms with E-state index in [9.17, 15) is 4.39 Å². The highest BCUT2D eigenvalue weighted by molar-refractivity contribution is 5.47. The van der Waals surface area contributed by atoms with Crippen molar-refractivity contribution in [2.24, 2.45) is 0 Å². The Morgan fingerprint density at radius 2 is 1.59 bits per heavy atom. The Bertz CT molecular complexity index is 603. The van der Waals surface area contributed by atoms with Crippen LogP contribution in [0.15, 0.2) is 36.7 Å². The van der Waals surface area contributed by atoms with Crippen LogP contribution in [-0.2, 0) is 0 Å². The minimum atomic E-state index is -0.202. The summed E-state index contributed by atoms with van der Waals surface area (Å²) in [6.07, 6.45) is 4.38. The standard InChI is InChI=1S/C16H19FN4O/c1-22-15-11-18-16(19-12-15)21-8-2-7-20(9-10-21)14-5-3-13(17)4-6-14/h3-6,11-12H,2,7-10H2,1H3. The molecule has 1 aliphatic heterocycles. The van der Waals surface area contributed by atoms with Gasteiger partial charge in [-0.2, -0.15) is 0 Å². The van der Waals surface area contributed by atoms with E-state index in [1.54, 1.807) is 19.5 Å². The molecule has 2 aromatic rings. The lowest BCUT2D eigenvalue weighted by molar-refractivity contribution is 0.410. The van der Waals surface area contributed by atoms with Crippen LogP contribution in [0.3, 0.4) is 0 Å². The van der Waals surface area contributed by atoms with Gasteiger partial charge in [-0.1, -0.05) is 0 Å². The number of benzene rings is 1. The number of aromatic nitrogens is 2. The Morgan fingerprint density at radius 3 is 2.27 bits per heavy atom. The predicted molar refractivity (Wildman–Crippen MR) is 84.0 cm³/mol. The summed E-state index contributed by atoms with van der Waals surface area (Å²) in [5.74, 6) is 1.18. The summed E-state index contributed by atoms with van der Waals surface area (Å²) in [6.45, 7) is 3.55. The molecule has 1 saturated heterocycles. The summed E-state index contributed by atoms with van der Waals surface area (Å²) in [7, 11) is 1.60. The summed E-state index contributed by atoms with van der Waals surface area (Å²) >= 11 is 0. The van der Waals surface area contributed by atoms with Gasteiger partial charge in [-0.3, -0.25) is 0 Å². The van der Waals surface area contributed by atoms with Crippen LogP contribution in [0, 0.1) is 5.82 Å². The van der Waals surface area contributed by atoms with Crippen LogP contribution in [0.25, 0.3) is 0 Å². The average molecular weight is 302 g/mol. The van der Waals surface area contributed by atoms with Crippen LogP contribution in [0.2, 0.25) is 0 Å². The lowest BCUT2D eigenvalue weighted by Gasteiger charge is -2.23. The number of anilines is 2. The van der Waals surface area contributed by atoms with Crippen LogP contribution in [0.1, 0.15) is 6.42 Å². The van der Waals surface area contributed by atoms with Gasteiger partial charge in [-0.25, -0.2) is 14.4 Å². The first-order chi connectivity index (χ1) is 10.8. The summed E-state index contributed by atoms with van der Waals surface area (Å²) < 4.78 is 18.1. The molecule has 0 bridgehead atoms. The molecular weight excluding hydrogens is 283 g/mol. The number of hydrogen-bond donors (Lipinski definition) is 0. The van der Waals surface area contributed by atoms with E-state index in [4.69, 9.17) is 4.74 Å². The predicted octanol–water partition coefficient (Wildman–Crippen LogP) is 2.34. The molecule has 1 aromatic heterocycles. The normalized spacial score (nSPS) is 15.5. The monoisotopic (exact) mass is 302 g/mol. The third kappa shape index (κ3) is 3.27. The van der Waals surface area contributed by atoms with Gasteiger partial charge in [0.1, 0.15) is 5.82 Å². The van der Waals surface area contributed by atoms with Gasteiger partial charge in [0, 0.05) is 31.9 Å². The van der Waals surface area contributed by atoms with Gasteiger partial charge >= 0.3 is 0 Å². The second-order valence-corrected chi connectivity index (χ2v) is 5.23. The van der Waals surface area contributed by atoms with E-state index in [-0.39, 0.29) is 5.82 Å². The summed E-state index contributed by atoms with van der Waals surface area (Å²) in [5, 5.41) is 0. The van der Waals surface area contributed by atoms with Crippen molar-refractivity contribution < 1.29 is 9.13 Å². The Kier molecular flexibility index (Phi) is 4.37. The van der Waals surface area contributed by atoms with E-state index < -0.39 is 0 Å². The fourth-order valence-corrected chi connectivity index (χ4v) is 2.61. The smallest absolute Gasteiger partial charge is 0.225 e. The quantitative estimate of drug-likeness (QED) is 0.870. The highest BCUT2D eigenvalue weighted by Gasteiger charge is 2.17. The first kappa shape index (κ1) is 14.6. The zero-order valence-corrected chi connectivity index (χ0v) is 12.6. The topological polar surface area (TPSA) is 41.5 Å². The largest absolute Gasteiger partial charge is 0.494 e. The van der Waals surface area contributed by atoms with Crippen molar-refractivity contribution in [3.63, 3.8) is 0 Å². The van der Waals surface area contributed by atoms with Crippen LogP contribution < -0.4 is 14.5 Å². The van der Waals surface area contributed by atoms with E-state index in [2.05, 4.69) is 19.8 Å². The van der Waals surface area contributed by atoms with Crippen molar-refractivity contribution in [1.82, 2.24) is 9.97 Å². The number of ether oxygens (including phenoxy) is 1. The first-order valence-corrected chi connectivity index (χ1v) is 7.38. The van der Waals surface area contributed by atoms with Gasteiger partial charge in [0.25, 0.3) is 0 Å². The number of hydrogen-bond acceptors (Lipinski definition) is 5. The van der Waals surface area contributed by atoms with Crippen molar-refractivity contribution in [3.8, 4) is 5.75 Å². The molecule has 116 valence electrons. The van der Waals surface area contributed by atoms with Gasteiger partial charge in [0.05, 0.1) is 19.5 Å². The van der Waals surface area contributed by atoms with Crippen molar-refractivity contribution in [2.75, 3.05) is 43.1 Å². The maximum Gasteiger partial charge on any atom is 0.225 e. The molecule has 1 aromatic carbocycles. The molecule has 0 spiro atoms. The SMILES string of the molecule is COc1cnc(N2CCCN(c3ccc(F)cc3)CC2)nc1. The minimum absolute atomic E-state index is 0.202. The Hall–Kier alpha value is -2.37. The van der Waals surface area contributed by atoms with E-state index >= 15 is 0 Å². The van der Waals surface area contributed by atoms with Crippen LogP contribution in [0.5, 0.6) is 5.75 Å². The zero-order chi connectivity index (χ0) is 15.4. The fraction of sp³-hybridized carbons (Fsp3) is 0.375. The summed E-state index contributed by atoms with van der Waals surface area (Å²) in [5.41, 5.74) is 1.05. The molecule has 6 heteroatoms. The van der Waals surface area contributed by atoms with Crippen molar-refractivity contribution >= 4 is 11.6 Å². The van der Waals surface area contributed by atoms with E-state index in [0.717, 1.165) is 44.2 Å². The fourth-order valence-electron chi connectivity index (χ4n) is 2.61. The van der Waals surface area contributed by atoms with Gasteiger partial charge in [0.2, 0.25) is 5.95 Å². The highest BCUT2D eigenvalue weighted by atomic mass is 19.1. The Labute approximate surface area is 129 Å². The molecule has 22 heavy (non-hydrogen) atoms. The van der Waals surface area contributed by atoms with E-state index in [1.807, 2.05) is 12.1 Å². The van der Waals surface area contributed by atoms with Gasteiger partial charge < -0.3 is 14.5 Å². The molecule has 0 amide bonds. The number of halogens is 1. The third-order valence-corrected chi connectivity index (χ3v) is 3.82. The molecule has 2 heterocycles. The molecule has 3 rings (SSSR count). The average Bonchev–Trinajstić information content (AvgIpc) is 2.82. The van der Waals surface area contributed by atoms with Crippen LogP contribution >= 0.6 is 0 Å². The number of methoxy groups -OCH3 is 1. The molecule has 1 fully saturated rings. The minimum Gasteiger partial charge on any atom is -0.494 e.